The van der Waals surface area contributed by atoms with Crippen LogP contribution in [0.25, 0.3) is 0 Å². The second-order valence-electron chi connectivity index (χ2n) is 7.65. The molecule has 4 rings (SSSR count). The van der Waals surface area contributed by atoms with Gasteiger partial charge < -0.3 is 15.4 Å². The van der Waals surface area contributed by atoms with Crippen LogP contribution in [0.3, 0.4) is 0 Å². The third-order valence-corrected chi connectivity index (χ3v) is 5.90. The number of aliphatic imine (C=N–C) groups is 1. The highest BCUT2D eigenvalue weighted by atomic mass is 127. The fourth-order valence-corrected chi connectivity index (χ4v) is 3.96. The number of guanidine groups is 1. The lowest BCUT2D eigenvalue weighted by atomic mass is 9.96. The molecule has 0 spiro atoms. The van der Waals surface area contributed by atoms with Crippen molar-refractivity contribution in [1.29, 1.82) is 0 Å². The van der Waals surface area contributed by atoms with Crippen molar-refractivity contribution in [2.75, 3.05) is 20.7 Å². The highest BCUT2D eigenvalue weighted by molar-refractivity contribution is 14.0. The zero-order chi connectivity index (χ0) is 19.6. The molecule has 1 atom stereocenters. The van der Waals surface area contributed by atoms with Crippen LogP contribution in [-0.2, 0) is 29.7 Å². The monoisotopic (exact) mass is 530 g/mol. The molecule has 1 fully saturated rings. The van der Waals surface area contributed by atoms with Gasteiger partial charge in [-0.15, -0.1) is 24.0 Å². The summed E-state index contributed by atoms with van der Waals surface area (Å²) >= 11 is 6.03. The zero-order valence-electron chi connectivity index (χ0n) is 16.8. The Balaban J connectivity index is 0.00000240. The summed E-state index contributed by atoms with van der Waals surface area (Å²) in [6, 6.07) is 8.50. The second-order valence-corrected chi connectivity index (χ2v) is 8.09. The normalized spacial score (nSPS) is 19.8. The number of aromatic nitrogens is 3. The molecule has 158 valence electrons. The van der Waals surface area contributed by atoms with Gasteiger partial charge in [0.25, 0.3) is 0 Å². The summed E-state index contributed by atoms with van der Waals surface area (Å²) in [6.07, 6.45) is 4.29. The molecule has 7 nitrogen and oxygen atoms in total. The maximum Gasteiger partial charge on any atom is 0.191 e. The van der Waals surface area contributed by atoms with E-state index in [4.69, 9.17) is 16.3 Å². The first kappa shape index (κ1) is 22.3. The molecule has 1 aliphatic heterocycles. The van der Waals surface area contributed by atoms with Gasteiger partial charge in [-0.1, -0.05) is 23.7 Å². The van der Waals surface area contributed by atoms with E-state index in [1.165, 1.54) is 18.4 Å². The number of methoxy groups -OCH3 is 1. The van der Waals surface area contributed by atoms with Crippen molar-refractivity contribution in [3.8, 4) is 0 Å². The van der Waals surface area contributed by atoms with Crippen LogP contribution in [0, 0.1) is 0 Å². The van der Waals surface area contributed by atoms with Gasteiger partial charge in [-0.2, -0.15) is 5.10 Å². The Kier molecular flexibility index (Phi) is 7.39. The minimum absolute atomic E-state index is 0. The van der Waals surface area contributed by atoms with Crippen molar-refractivity contribution < 1.29 is 4.74 Å². The third kappa shape index (κ3) is 5.21. The molecule has 1 saturated carbocycles. The Morgan fingerprint density at radius 2 is 2.10 bits per heavy atom. The standard InChI is InChI=1S/C20H27ClN6O.HI/c1-22-19(23-13-20(9-10-20)14-3-5-15(21)6-4-14)24-16-7-8-18-25-17(12-28-2)26-27(18)11-16;/h3-6,16H,7-13H2,1-2H3,(H2,22,23,24);1H. The number of fused-ring (bicyclic) bond motifs is 1. The first-order valence-corrected chi connectivity index (χ1v) is 10.1. The number of rotatable bonds is 6. The number of benzene rings is 1. The summed E-state index contributed by atoms with van der Waals surface area (Å²) in [6.45, 7) is 2.11. The minimum Gasteiger partial charge on any atom is -0.377 e. The average molecular weight is 531 g/mol. The van der Waals surface area contributed by atoms with E-state index in [1.807, 2.05) is 23.9 Å². The highest BCUT2D eigenvalue weighted by Gasteiger charge is 2.44. The molecule has 0 bridgehead atoms. The molecule has 29 heavy (non-hydrogen) atoms. The van der Waals surface area contributed by atoms with E-state index >= 15 is 0 Å². The van der Waals surface area contributed by atoms with E-state index in [0.717, 1.165) is 48.6 Å². The molecule has 0 saturated heterocycles. The fourth-order valence-electron chi connectivity index (χ4n) is 3.83. The summed E-state index contributed by atoms with van der Waals surface area (Å²) in [7, 11) is 3.48. The summed E-state index contributed by atoms with van der Waals surface area (Å²) < 4.78 is 7.12. The first-order chi connectivity index (χ1) is 13.6. The zero-order valence-corrected chi connectivity index (χ0v) is 19.9. The van der Waals surface area contributed by atoms with Crippen molar-refractivity contribution in [2.24, 2.45) is 4.99 Å². The fraction of sp³-hybridized carbons (Fsp3) is 0.550. The molecule has 2 N–H and O–H groups in total. The molecule has 2 heterocycles. The van der Waals surface area contributed by atoms with Crippen molar-refractivity contribution in [1.82, 2.24) is 25.4 Å². The maximum atomic E-state index is 6.03. The van der Waals surface area contributed by atoms with Crippen LogP contribution in [-0.4, -0.2) is 47.5 Å². The molecule has 9 heteroatoms. The van der Waals surface area contributed by atoms with E-state index < -0.39 is 0 Å². The largest absolute Gasteiger partial charge is 0.377 e. The van der Waals surface area contributed by atoms with Crippen molar-refractivity contribution in [3.63, 3.8) is 0 Å². The van der Waals surface area contributed by atoms with E-state index in [0.29, 0.717) is 6.61 Å². The van der Waals surface area contributed by atoms with Gasteiger partial charge in [-0.05, 0) is 37.0 Å². The summed E-state index contributed by atoms with van der Waals surface area (Å²) in [5.41, 5.74) is 1.54. The molecule has 0 amide bonds. The predicted octanol–water partition coefficient (Wildman–Crippen LogP) is 2.91. The van der Waals surface area contributed by atoms with Crippen molar-refractivity contribution in [2.45, 2.75) is 50.3 Å². The van der Waals surface area contributed by atoms with Gasteiger partial charge in [0.2, 0.25) is 0 Å². The van der Waals surface area contributed by atoms with Gasteiger partial charge in [-0.25, -0.2) is 9.67 Å². The Hall–Kier alpha value is -1.39. The van der Waals surface area contributed by atoms with Crippen LogP contribution >= 0.6 is 35.6 Å². The topological polar surface area (TPSA) is 76.4 Å². The number of nitrogens with one attached hydrogen (secondary N) is 2. The predicted molar refractivity (Wildman–Crippen MR) is 125 cm³/mol. The average Bonchev–Trinajstić information content (AvgIpc) is 3.38. The SMILES string of the molecule is CN=C(NCC1(c2ccc(Cl)cc2)CC1)NC1CCc2nc(COC)nn2C1.I. The number of hydrogen-bond donors (Lipinski definition) is 2. The molecular formula is C20H28ClIN6O. The van der Waals surface area contributed by atoms with Gasteiger partial charge in [0, 0.05) is 43.6 Å². The van der Waals surface area contributed by atoms with Gasteiger partial charge in [0.1, 0.15) is 12.4 Å². The van der Waals surface area contributed by atoms with Crippen LogP contribution in [0.2, 0.25) is 5.02 Å². The number of halogens is 2. The highest BCUT2D eigenvalue weighted by Crippen LogP contribution is 2.47. The Morgan fingerprint density at radius 3 is 2.76 bits per heavy atom. The quantitative estimate of drug-likeness (QED) is 0.341. The van der Waals surface area contributed by atoms with Crippen LogP contribution in [0.4, 0.5) is 0 Å². The summed E-state index contributed by atoms with van der Waals surface area (Å²) in [4.78, 5) is 8.95. The smallest absolute Gasteiger partial charge is 0.191 e. The van der Waals surface area contributed by atoms with Gasteiger partial charge in [0.15, 0.2) is 11.8 Å². The number of nitrogens with zero attached hydrogens (tertiary/aromatic N) is 4. The van der Waals surface area contributed by atoms with E-state index in [-0.39, 0.29) is 35.4 Å². The maximum absolute atomic E-state index is 6.03. The van der Waals surface area contributed by atoms with Crippen molar-refractivity contribution in [3.05, 3.63) is 46.5 Å². The molecule has 2 aliphatic rings. The third-order valence-electron chi connectivity index (χ3n) is 5.64. The molecule has 1 aliphatic carbocycles. The molecule has 2 aromatic rings. The van der Waals surface area contributed by atoms with Gasteiger partial charge in [-0.3, -0.25) is 4.99 Å². The number of hydrogen-bond acceptors (Lipinski definition) is 4. The van der Waals surface area contributed by atoms with Gasteiger partial charge in [0.05, 0.1) is 6.54 Å². The van der Waals surface area contributed by atoms with Crippen LogP contribution in [0.1, 0.15) is 36.5 Å². The Morgan fingerprint density at radius 1 is 1.34 bits per heavy atom. The summed E-state index contributed by atoms with van der Waals surface area (Å²) in [5.74, 6) is 2.62. The second kappa shape index (κ2) is 9.61. The van der Waals surface area contributed by atoms with Crippen LogP contribution < -0.4 is 10.6 Å². The number of aryl methyl sites for hydroxylation is 1. The molecule has 0 radical (unpaired) electrons. The van der Waals surface area contributed by atoms with E-state index in [1.54, 1.807) is 7.11 Å². The molecule has 1 unspecified atom stereocenters. The van der Waals surface area contributed by atoms with Crippen LogP contribution in [0.5, 0.6) is 0 Å². The van der Waals surface area contributed by atoms with E-state index in [9.17, 15) is 0 Å². The lowest BCUT2D eigenvalue weighted by molar-refractivity contribution is 0.177. The lowest BCUT2D eigenvalue weighted by Crippen LogP contribution is -2.48. The minimum atomic E-state index is 0. The lowest BCUT2D eigenvalue weighted by Gasteiger charge is -2.26. The summed E-state index contributed by atoms with van der Waals surface area (Å²) in [5, 5.41) is 12.4. The Labute approximate surface area is 193 Å². The van der Waals surface area contributed by atoms with Gasteiger partial charge >= 0.3 is 0 Å². The van der Waals surface area contributed by atoms with Crippen molar-refractivity contribution >= 4 is 41.5 Å². The van der Waals surface area contributed by atoms with E-state index in [2.05, 4.69) is 37.8 Å². The first-order valence-electron chi connectivity index (χ1n) is 9.77. The Bertz CT molecular complexity index is 849. The molecule has 1 aromatic heterocycles. The van der Waals surface area contributed by atoms with Crippen LogP contribution in [0.15, 0.2) is 29.3 Å². The molecular weight excluding hydrogens is 503 g/mol. The molecule has 1 aromatic carbocycles. The number of ether oxygens (including phenoxy) is 1.